The molecule has 3 heteroatoms. The number of hydrogen-bond acceptors (Lipinski definition) is 3. The second-order valence-corrected chi connectivity index (χ2v) is 7.74. The first-order chi connectivity index (χ1) is 9.44. The topological polar surface area (TPSA) is 18.5 Å². The van der Waals surface area contributed by atoms with Gasteiger partial charge >= 0.3 is 0 Å². The third-order valence-electron chi connectivity index (χ3n) is 5.59. The van der Waals surface area contributed by atoms with Crippen LogP contribution in [0.1, 0.15) is 59.3 Å². The van der Waals surface area contributed by atoms with Gasteiger partial charge in [0.15, 0.2) is 0 Å². The minimum Gasteiger partial charge on any atom is -0.314 e. The molecule has 118 valence electrons. The van der Waals surface area contributed by atoms with Crippen molar-refractivity contribution in [3.63, 3.8) is 0 Å². The average molecular weight is 281 g/mol. The molecule has 0 saturated carbocycles. The molecule has 0 aromatic rings. The van der Waals surface area contributed by atoms with Crippen LogP contribution in [0.4, 0.5) is 0 Å². The number of likely N-dealkylation sites (N-methyl/N-ethyl adjacent to an activating group) is 1. The van der Waals surface area contributed by atoms with Gasteiger partial charge in [0.1, 0.15) is 0 Å². The van der Waals surface area contributed by atoms with E-state index in [-0.39, 0.29) is 5.54 Å². The van der Waals surface area contributed by atoms with E-state index in [9.17, 15) is 0 Å². The lowest BCUT2D eigenvalue weighted by atomic mass is 9.80. The zero-order valence-corrected chi connectivity index (χ0v) is 14.3. The Hall–Kier alpha value is -0.120. The summed E-state index contributed by atoms with van der Waals surface area (Å²) in [4.78, 5) is 5.22. The van der Waals surface area contributed by atoms with Crippen molar-refractivity contribution < 1.29 is 0 Å². The highest BCUT2D eigenvalue weighted by molar-refractivity contribution is 4.98. The second-order valence-electron chi connectivity index (χ2n) is 7.74. The molecule has 2 rings (SSSR count). The first kappa shape index (κ1) is 16.3. The molecule has 2 fully saturated rings. The number of nitrogens with one attached hydrogen (secondary N) is 1. The second kappa shape index (κ2) is 6.76. The summed E-state index contributed by atoms with van der Waals surface area (Å²) in [5.41, 5.74) is 0.275. The van der Waals surface area contributed by atoms with E-state index in [2.05, 4.69) is 50.0 Å². The van der Waals surface area contributed by atoms with Gasteiger partial charge in [-0.05, 0) is 66.6 Å². The molecular weight excluding hydrogens is 246 g/mol. The van der Waals surface area contributed by atoms with Crippen molar-refractivity contribution in [2.75, 3.05) is 27.2 Å². The van der Waals surface area contributed by atoms with E-state index in [4.69, 9.17) is 0 Å². The van der Waals surface area contributed by atoms with Crippen molar-refractivity contribution in [1.82, 2.24) is 15.1 Å². The minimum atomic E-state index is 0.275. The van der Waals surface area contributed by atoms with Crippen LogP contribution in [0.25, 0.3) is 0 Å². The summed E-state index contributed by atoms with van der Waals surface area (Å²) in [6.45, 7) is 9.43. The van der Waals surface area contributed by atoms with Crippen LogP contribution in [0, 0.1) is 0 Å². The Labute approximate surface area is 126 Å². The van der Waals surface area contributed by atoms with Gasteiger partial charge in [0, 0.05) is 30.2 Å². The van der Waals surface area contributed by atoms with Crippen LogP contribution in [0.3, 0.4) is 0 Å². The maximum absolute atomic E-state index is 3.77. The quantitative estimate of drug-likeness (QED) is 0.807. The zero-order valence-electron chi connectivity index (χ0n) is 14.3. The Balaban J connectivity index is 1.98. The van der Waals surface area contributed by atoms with Gasteiger partial charge in [-0.3, -0.25) is 4.90 Å². The average Bonchev–Trinajstić information content (AvgIpc) is 2.36. The van der Waals surface area contributed by atoms with Gasteiger partial charge in [-0.15, -0.1) is 0 Å². The Morgan fingerprint density at radius 1 is 1.15 bits per heavy atom. The van der Waals surface area contributed by atoms with E-state index >= 15 is 0 Å². The molecule has 2 saturated heterocycles. The zero-order chi connectivity index (χ0) is 14.8. The van der Waals surface area contributed by atoms with Gasteiger partial charge < -0.3 is 10.2 Å². The van der Waals surface area contributed by atoms with Crippen LogP contribution in [-0.2, 0) is 0 Å². The fourth-order valence-corrected chi connectivity index (χ4v) is 3.84. The molecule has 2 heterocycles. The number of fused-ring (bicyclic) bond motifs is 2. The van der Waals surface area contributed by atoms with Gasteiger partial charge in [0.2, 0.25) is 0 Å². The Bertz CT molecular complexity index is 287. The highest BCUT2D eigenvalue weighted by atomic mass is 15.3. The monoisotopic (exact) mass is 281 g/mol. The predicted molar refractivity (Wildman–Crippen MR) is 87.2 cm³/mol. The van der Waals surface area contributed by atoms with E-state index in [0.717, 1.165) is 18.1 Å². The minimum absolute atomic E-state index is 0.275. The normalized spacial score (nSPS) is 31.8. The molecule has 2 bridgehead atoms. The smallest absolute Gasteiger partial charge is 0.0274 e. The number of piperidine rings is 2. The molecular formula is C17H35N3. The van der Waals surface area contributed by atoms with Crippen molar-refractivity contribution in [3.8, 4) is 0 Å². The molecule has 20 heavy (non-hydrogen) atoms. The summed E-state index contributed by atoms with van der Waals surface area (Å²) < 4.78 is 0. The maximum atomic E-state index is 3.77. The fourth-order valence-electron chi connectivity index (χ4n) is 3.84. The van der Waals surface area contributed by atoms with Gasteiger partial charge in [-0.25, -0.2) is 0 Å². The lowest BCUT2D eigenvalue weighted by molar-refractivity contribution is -0.0110. The highest BCUT2D eigenvalue weighted by Gasteiger charge is 2.40. The van der Waals surface area contributed by atoms with Crippen molar-refractivity contribution in [2.45, 2.75) is 83.0 Å². The molecule has 0 aliphatic carbocycles. The lowest BCUT2D eigenvalue weighted by Gasteiger charge is -2.52. The molecule has 0 amide bonds. The molecule has 2 unspecified atom stereocenters. The SMILES string of the molecule is CCCNC1CC2CCCC(C1)N2CC(C)(C)N(C)C. The summed E-state index contributed by atoms with van der Waals surface area (Å²) in [6.07, 6.45) is 8.23. The molecule has 0 aromatic heterocycles. The van der Waals surface area contributed by atoms with E-state index in [1.54, 1.807) is 0 Å². The molecule has 1 N–H and O–H groups in total. The van der Waals surface area contributed by atoms with Crippen LogP contribution in [0.5, 0.6) is 0 Å². The summed E-state index contributed by atoms with van der Waals surface area (Å²) in [6, 6.07) is 2.40. The molecule has 0 spiro atoms. The van der Waals surface area contributed by atoms with Crippen LogP contribution in [-0.4, -0.2) is 60.6 Å². The first-order valence-corrected chi connectivity index (χ1v) is 8.60. The van der Waals surface area contributed by atoms with Gasteiger partial charge in [-0.2, -0.15) is 0 Å². The fraction of sp³-hybridized carbons (Fsp3) is 1.00. The van der Waals surface area contributed by atoms with Crippen LogP contribution in [0.15, 0.2) is 0 Å². The largest absolute Gasteiger partial charge is 0.314 e. The van der Waals surface area contributed by atoms with E-state index in [1.807, 2.05) is 0 Å². The van der Waals surface area contributed by atoms with Gasteiger partial charge in [0.25, 0.3) is 0 Å². The Morgan fingerprint density at radius 3 is 2.25 bits per heavy atom. The molecule has 0 aromatic carbocycles. The highest BCUT2D eigenvalue weighted by Crippen LogP contribution is 2.35. The van der Waals surface area contributed by atoms with E-state index in [0.29, 0.717) is 0 Å². The summed E-state index contributed by atoms with van der Waals surface area (Å²) in [5, 5.41) is 3.77. The van der Waals surface area contributed by atoms with Crippen molar-refractivity contribution in [1.29, 1.82) is 0 Å². The van der Waals surface area contributed by atoms with Gasteiger partial charge in [-0.1, -0.05) is 13.3 Å². The van der Waals surface area contributed by atoms with Crippen LogP contribution < -0.4 is 5.32 Å². The van der Waals surface area contributed by atoms with Crippen molar-refractivity contribution in [3.05, 3.63) is 0 Å². The number of rotatable bonds is 6. The number of nitrogens with zero attached hydrogens (tertiary/aromatic N) is 2. The van der Waals surface area contributed by atoms with Gasteiger partial charge in [0.05, 0.1) is 0 Å². The third kappa shape index (κ3) is 3.75. The standard InChI is InChI=1S/C17H35N3/c1-6-10-18-14-11-15-8-7-9-16(12-14)20(15)13-17(2,3)19(4)5/h14-16,18H,6-13H2,1-5H3. The number of hydrogen-bond donors (Lipinski definition) is 1. The molecule has 3 nitrogen and oxygen atoms in total. The Kier molecular flexibility index (Phi) is 5.49. The molecule has 2 aliphatic heterocycles. The van der Waals surface area contributed by atoms with Crippen molar-refractivity contribution >= 4 is 0 Å². The third-order valence-corrected chi connectivity index (χ3v) is 5.59. The molecule has 2 atom stereocenters. The van der Waals surface area contributed by atoms with Crippen LogP contribution >= 0.6 is 0 Å². The maximum Gasteiger partial charge on any atom is 0.0274 e. The van der Waals surface area contributed by atoms with E-state index < -0.39 is 0 Å². The summed E-state index contributed by atoms with van der Waals surface area (Å²) >= 11 is 0. The summed E-state index contributed by atoms with van der Waals surface area (Å²) in [5.74, 6) is 0. The van der Waals surface area contributed by atoms with Crippen molar-refractivity contribution in [2.24, 2.45) is 0 Å². The van der Waals surface area contributed by atoms with E-state index in [1.165, 1.54) is 51.6 Å². The predicted octanol–water partition coefficient (Wildman–Crippen LogP) is 2.71. The summed E-state index contributed by atoms with van der Waals surface area (Å²) in [7, 11) is 4.43. The molecule has 2 aliphatic rings. The lowest BCUT2D eigenvalue weighted by Crippen LogP contribution is -2.61. The van der Waals surface area contributed by atoms with Crippen LogP contribution in [0.2, 0.25) is 0 Å². The Morgan fingerprint density at radius 2 is 1.75 bits per heavy atom. The molecule has 0 radical (unpaired) electrons. The first-order valence-electron chi connectivity index (χ1n) is 8.60.